The lowest BCUT2D eigenvalue weighted by Crippen LogP contribution is -2.49. The number of benzene rings is 1. The standard InChI is InChI=1S/C17H24N2O5S/c1-3-18-17(21)10-13-6-9-15(16(11-20)24-13)19-25(22,23)14-7-4-12(2)5-8-14/h4-9,13,15-16,19-20H,3,10-11H2,1-2H3,(H,18,21)/t13-,15-,16+/m1/s1. The summed E-state index contributed by atoms with van der Waals surface area (Å²) >= 11 is 0. The van der Waals surface area contributed by atoms with Gasteiger partial charge in [-0.15, -0.1) is 0 Å². The fraction of sp³-hybridized carbons (Fsp3) is 0.471. The van der Waals surface area contributed by atoms with Gasteiger partial charge in [0.15, 0.2) is 0 Å². The molecule has 0 unspecified atom stereocenters. The van der Waals surface area contributed by atoms with Crippen LogP contribution in [-0.4, -0.2) is 50.8 Å². The second kappa shape index (κ2) is 8.57. The zero-order valence-corrected chi connectivity index (χ0v) is 15.1. The van der Waals surface area contributed by atoms with E-state index in [4.69, 9.17) is 4.74 Å². The third-order valence-corrected chi connectivity index (χ3v) is 5.32. The lowest BCUT2D eigenvalue weighted by molar-refractivity contribution is -0.125. The lowest BCUT2D eigenvalue weighted by Gasteiger charge is -2.31. The summed E-state index contributed by atoms with van der Waals surface area (Å²) in [4.78, 5) is 11.8. The molecule has 1 heterocycles. The highest BCUT2D eigenvalue weighted by Gasteiger charge is 2.31. The number of aryl methyl sites for hydroxylation is 1. The number of hydrogen-bond acceptors (Lipinski definition) is 5. The van der Waals surface area contributed by atoms with Crippen LogP contribution in [0.3, 0.4) is 0 Å². The van der Waals surface area contributed by atoms with Gasteiger partial charge in [-0.1, -0.05) is 29.8 Å². The number of nitrogens with one attached hydrogen (secondary N) is 2. The quantitative estimate of drug-likeness (QED) is 0.608. The van der Waals surface area contributed by atoms with E-state index in [9.17, 15) is 18.3 Å². The van der Waals surface area contributed by atoms with E-state index < -0.39 is 28.3 Å². The number of rotatable bonds is 7. The average Bonchev–Trinajstić information content (AvgIpc) is 2.56. The van der Waals surface area contributed by atoms with E-state index in [0.717, 1.165) is 5.56 Å². The summed E-state index contributed by atoms with van der Waals surface area (Å²) in [5.74, 6) is -0.160. The van der Waals surface area contributed by atoms with Gasteiger partial charge in [0.1, 0.15) is 6.10 Å². The smallest absolute Gasteiger partial charge is 0.241 e. The summed E-state index contributed by atoms with van der Waals surface area (Å²) < 4.78 is 33.1. The van der Waals surface area contributed by atoms with Crippen LogP contribution >= 0.6 is 0 Å². The molecule has 0 spiro atoms. The monoisotopic (exact) mass is 368 g/mol. The van der Waals surface area contributed by atoms with Gasteiger partial charge in [-0.25, -0.2) is 13.1 Å². The highest BCUT2D eigenvalue weighted by atomic mass is 32.2. The molecular weight excluding hydrogens is 344 g/mol. The van der Waals surface area contributed by atoms with Gasteiger partial charge in [0.2, 0.25) is 15.9 Å². The molecule has 138 valence electrons. The first kappa shape index (κ1) is 19.6. The van der Waals surface area contributed by atoms with Crippen molar-refractivity contribution < 1.29 is 23.1 Å². The number of ether oxygens (including phenoxy) is 1. The molecule has 3 atom stereocenters. The molecule has 0 aliphatic carbocycles. The summed E-state index contributed by atoms with van der Waals surface area (Å²) in [6, 6.07) is 5.77. The predicted octanol–water partition coefficient (Wildman–Crippen LogP) is 0.484. The third-order valence-electron chi connectivity index (χ3n) is 3.85. The van der Waals surface area contributed by atoms with E-state index in [-0.39, 0.29) is 23.8 Å². The molecule has 1 amide bonds. The maximum Gasteiger partial charge on any atom is 0.241 e. The van der Waals surface area contributed by atoms with Crippen LogP contribution in [0.1, 0.15) is 18.9 Å². The molecule has 0 saturated heterocycles. The number of carbonyl (C=O) groups is 1. The van der Waals surface area contributed by atoms with Gasteiger partial charge in [-0.3, -0.25) is 4.79 Å². The molecule has 8 heteroatoms. The summed E-state index contributed by atoms with van der Waals surface area (Å²) in [6.45, 7) is 3.86. The molecule has 1 aromatic carbocycles. The van der Waals surface area contributed by atoms with Crippen LogP contribution in [0.5, 0.6) is 0 Å². The van der Waals surface area contributed by atoms with Crippen molar-refractivity contribution >= 4 is 15.9 Å². The third kappa shape index (κ3) is 5.37. The van der Waals surface area contributed by atoms with E-state index in [0.29, 0.717) is 6.54 Å². The van der Waals surface area contributed by atoms with Gasteiger partial charge in [-0.05, 0) is 26.0 Å². The van der Waals surface area contributed by atoms with Crippen molar-refractivity contribution in [2.75, 3.05) is 13.2 Å². The second-order valence-electron chi connectivity index (χ2n) is 5.90. The second-order valence-corrected chi connectivity index (χ2v) is 7.61. The summed E-state index contributed by atoms with van der Waals surface area (Å²) in [5, 5.41) is 12.2. The predicted molar refractivity (Wildman–Crippen MR) is 93.5 cm³/mol. The van der Waals surface area contributed by atoms with Crippen LogP contribution in [0.4, 0.5) is 0 Å². The van der Waals surface area contributed by atoms with E-state index >= 15 is 0 Å². The number of sulfonamides is 1. The Morgan fingerprint density at radius 3 is 2.52 bits per heavy atom. The molecule has 1 aromatic rings. The van der Waals surface area contributed by atoms with Crippen LogP contribution in [-0.2, 0) is 19.6 Å². The maximum absolute atomic E-state index is 12.5. The minimum atomic E-state index is -3.74. The van der Waals surface area contributed by atoms with Crippen molar-refractivity contribution in [3.63, 3.8) is 0 Å². The molecular formula is C17H24N2O5S. The first-order valence-corrected chi connectivity index (χ1v) is 9.64. The van der Waals surface area contributed by atoms with E-state index in [1.54, 1.807) is 24.3 Å². The van der Waals surface area contributed by atoms with Crippen LogP contribution in [0.2, 0.25) is 0 Å². The Morgan fingerprint density at radius 2 is 1.92 bits per heavy atom. The Labute approximate surface area is 148 Å². The summed E-state index contributed by atoms with van der Waals surface area (Å²) in [5.41, 5.74) is 0.960. The SMILES string of the molecule is CCNC(=O)C[C@H]1C=C[C@@H](NS(=O)(=O)c2ccc(C)cc2)[C@H](CO)O1. The highest BCUT2D eigenvalue weighted by molar-refractivity contribution is 7.89. The largest absolute Gasteiger partial charge is 0.394 e. The Morgan fingerprint density at radius 1 is 1.24 bits per heavy atom. The minimum absolute atomic E-state index is 0.123. The molecule has 1 aliphatic heterocycles. The molecule has 3 N–H and O–H groups in total. The molecule has 0 bridgehead atoms. The highest BCUT2D eigenvalue weighted by Crippen LogP contribution is 2.18. The van der Waals surface area contributed by atoms with Crippen molar-refractivity contribution in [1.29, 1.82) is 0 Å². The van der Waals surface area contributed by atoms with E-state index in [1.165, 1.54) is 12.1 Å². The lowest BCUT2D eigenvalue weighted by atomic mass is 10.1. The van der Waals surface area contributed by atoms with Crippen molar-refractivity contribution in [3.05, 3.63) is 42.0 Å². The van der Waals surface area contributed by atoms with Gasteiger partial charge in [0.25, 0.3) is 0 Å². The van der Waals surface area contributed by atoms with Gasteiger partial charge in [0, 0.05) is 6.54 Å². The molecule has 25 heavy (non-hydrogen) atoms. The number of aliphatic hydroxyl groups excluding tert-OH is 1. The zero-order valence-electron chi connectivity index (χ0n) is 14.3. The van der Waals surface area contributed by atoms with Crippen LogP contribution in [0, 0.1) is 6.92 Å². The Kier molecular flexibility index (Phi) is 6.71. The zero-order chi connectivity index (χ0) is 18.4. The molecule has 0 radical (unpaired) electrons. The molecule has 1 aliphatic rings. The summed E-state index contributed by atoms with van der Waals surface area (Å²) in [7, 11) is -3.74. The number of carbonyl (C=O) groups excluding carboxylic acids is 1. The van der Waals surface area contributed by atoms with E-state index in [2.05, 4.69) is 10.0 Å². The number of aliphatic hydroxyl groups is 1. The molecule has 7 nitrogen and oxygen atoms in total. The first-order chi connectivity index (χ1) is 11.9. The molecule has 0 aromatic heterocycles. The van der Waals surface area contributed by atoms with Gasteiger partial charge in [-0.2, -0.15) is 0 Å². The summed E-state index contributed by atoms with van der Waals surface area (Å²) in [6.07, 6.45) is 2.13. The fourth-order valence-corrected chi connectivity index (χ4v) is 3.75. The van der Waals surface area contributed by atoms with Gasteiger partial charge in [0.05, 0.1) is 30.1 Å². The van der Waals surface area contributed by atoms with Crippen molar-refractivity contribution in [2.45, 2.75) is 43.4 Å². The average molecular weight is 368 g/mol. The fourth-order valence-electron chi connectivity index (χ4n) is 2.53. The van der Waals surface area contributed by atoms with Crippen LogP contribution in [0.25, 0.3) is 0 Å². The van der Waals surface area contributed by atoms with Gasteiger partial charge >= 0.3 is 0 Å². The Hall–Kier alpha value is -1.74. The van der Waals surface area contributed by atoms with Crippen molar-refractivity contribution in [2.24, 2.45) is 0 Å². The molecule has 0 fully saturated rings. The normalized spacial score (nSPS) is 23.4. The minimum Gasteiger partial charge on any atom is -0.394 e. The Balaban J connectivity index is 2.08. The number of amides is 1. The number of hydrogen-bond donors (Lipinski definition) is 3. The van der Waals surface area contributed by atoms with Crippen LogP contribution < -0.4 is 10.0 Å². The Bertz CT molecular complexity index is 715. The van der Waals surface area contributed by atoms with Crippen LogP contribution in [0.15, 0.2) is 41.3 Å². The van der Waals surface area contributed by atoms with E-state index in [1.807, 2.05) is 13.8 Å². The van der Waals surface area contributed by atoms with Crippen molar-refractivity contribution in [3.8, 4) is 0 Å². The van der Waals surface area contributed by atoms with Gasteiger partial charge < -0.3 is 15.2 Å². The topological polar surface area (TPSA) is 105 Å². The van der Waals surface area contributed by atoms with Crippen molar-refractivity contribution in [1.82, 2.24) is 10.0 Å². The first-order valence-electron chi connectivity index (χ1n) is 8.16. The molecule has 0 saturated carbocycles. The molecule has 2 rings (SSSR count). The maximum atomic E-state index is 12.5.